The minimum Gasteiger partial charge on any atom is -0.324 e. The van der Waals surface area contributed by atoms with Crippen LogP contribution in [-0.2, 0) is 11.2 Å². The van der Waals surface area contributed by atoms with Crippen molar-refractivity contribution in [3.05, 3.63) is 88.7 Å². The van der Waals surface area contributed by atoms with Gasteiger partial charge in [-0.1, -0.05) is 47.5 Å². The number of anilines is 2. The molecule has 5 nitrogen and oxygen atoms in total. The van der Waals surface area contributed by atoms with Gasteiger partial charge in [-0.2, -0.15) is 0 Å². The Morgan fingerprint density at radius 1 is 1.10 bits per heavy atom. The van der Waals surface area contributed by atoms with Gasteiger partial charge in [-0.3, -0.25) is 19.5 Å². The van der Waals surface area contributed by atoms with E-state index in [1.54, 1.807) is 11.0 Å². The Bertz CT molecular complexity index is 1070. The summed E-state index contributed by atoms with van der Waals surface area (Å²) in [6.45, 7) is 1.99. The van der Waals surface area contributed by atoms with Crippen LogP contribution in [0.15, 0.2) is 66.9 Å². The van der Waals surface area contributed by atoms with E-state index in [4.69, 9.17) is 11.6 Å². The van der Waals surface area contributed by atoms with Crippen LogP contribution in [0.4, 0.5) is 11.4 Å². The molecule has 2 aromatic carbocycles. The third kappa shape index (κ3) is 4.00. The Hall–Kier alpha value is -3.18. The normalized spacial score (nSPS) is 15.5. The van der Waals surface area contributed by atoms with E-state index in [1.807, 2.05) is 55.5 Å². The standard InChI is InChI=1S/C23H20ClN3O2/c1-15-6-9-18(10-7-15)26-22(28)21-11-8-16-4-2-3-5-20(16)27(21)23(29)19-14-17(24)12-13-25-19/h2-7,9-10,12-14,21H,8,11H2,1H3,(H,26,28). The molecule has 0 saturated heterocycles. The van der Waals surface area contributed by atoms with Gasteiger partial charge >= 0.3 is 0 Å². The van der Waals surface area contributed by atoms with Crippen LogP contribution in [0, 0.1) is 6.92 Å². The maximum atomic E-state index is 13.4. The highest BCUT2D eigenvalue weighted by Gasteiger charge is 2.36. The molecule has 2 heterocycles. The Labute approximate surface area is 174 Å². The largest absolute Gasteiger partial charge is 0.324 e. The fourth-order valence-electron chi connectivity index (χ4n) is 3.55. The SMILES string of the molecule is Cc1ccc(NC(=O)C2CCc3ccccc3N2C(=O)c2cc(Cl)ccn2)cc1. The number of nitrogens with zero attached hydrogens (tertiary/aromatic N) is 2. The number of carbonyl (C=O) groups excluding carboxylic acids is 2. The predicted octanol–water partition coefficient (Wildman–Crippen LogP) is 4.64. The number of fused-ring (bicyclic) bond motifs is 1. The van der Waals surface area contributed by atoms with Crippen LogP contribution in [0.3, 0.4) is 0 Å². The summed E-state index contributed by atoms with van der Waals surface area (Å²) in [7, 11) is 0. The van der Waals surface area contributed by atoms with E-state index >= 15 is 0 Å². The van der Waals surface area contributed by atoms with Crippen molar-refractivity contribution in [2.45, 2.75) is 25.8 Å². The third-order valence-corrected chi connectivity index (χ3v) is 5.27. The van der Waals surface area contributed by atoms with Crippen LogP contribution in [0.1, 0.15) is 28.0 Å². The van der Waals surface area contributed by atoms with E-state index in [0.29, 0.717) is 17.1 Å². The molecule has 1 aromatic heterocycles. The number of amides is 2. The predicted molar refractivity (Wildman–Crippen MR) is 114 cm³/mol. The Morgan fingerprint density at radius 3 is 2.62 bits per heavy atom. The first-order chi connectivity index (χ1) is 14.0. The summed E-state index contributed by atoms with van der Waals surface area (Å²) in [4.78, 5) is 32.2. The molecule has 0 spiro atoms. The van der Waals surface area contributed by atoms with Crippen molar-refractivity contribution in [1.29, 1.82) is 0 Å². The molecular weight excluding hydrogens is 386 g/mol. The first-order valence-corrected chi connectivity index (χ1v) is 9.81. The molecule has 0 aliphatic carbocycles. The highest BCUT2D eigenvalue weighted by Crippen LogP contribution is 2.32. The van der Waals surface area contributed by atoms with Crippen molar-refractivity contribution in [2.75, 3.05) is 10.2 Å². The summed E-state index contributed by atoms with van der Waals surface area (Å²) < 4.78 is 0. The Kier molecular flexibility index (Phi) is 5.32. The van der Waals surface area contributed by atoms with Crippen molar-refractivity contribution in [3.63, 3.8) is 0 Å². The lowest BCUT2D eigenvalue weighted by atomic mass is 9.94. The number of carbonyl (C=O) groups is 2. The van der Waals surface area contributed by atoms with E-state index in [-0.39, 0.29) is 17.5 Å². The van der Waals surface area contributed by atoms with Gasteiger partial charge in [-0.15, -0.1) is 0 Å². The second-order valence-corrected chi connectivity index (χ2v) is 7.51. The molecule has 1 aliphatic rings. The summed E-state index contributed by atoms with van der Waals surface area (Å²) in [6.07, 6.45) is 2.74. The molecule has 6 heteroatoms. The summed E-state index contributed by atoms with van der Waals surface area (Å²) >= 11 is 6.06. The second-order valence-electron chi connectivity index (χ2n) is 7.07. The Morgan fingerprint density at radius 2 is 1.86 bits per heavy atom. The van der Waals surface area contributed by atoms with Gasteiger partial charge in [0.25, 0.3) is 5.91 Å². The van der Waals surface area contributed by atoms with Crippen LogP contribution >= 0.6 is 11.6 Å². The maximum Gasteiger partial charge on any atom is 0.277 e. The number of hydrogen-bond donors (Lipinski definition) is 1. The number of aryl methyl sites for hydroxylation is 2. The lowest BCUT2D eigenvalue weighted by Gasteiger charge is -2.36. The number of aromatic nitrogens is 1. The zero-order valence-electron chi connectivity index (χ0n) is 15.9. The number of benzene rings is 2. The number of hydrogen-bond acceptors (Lipinski definition) is 3. The van der Waals surface area contributed by atoms with Crippen LogP contribution in [0.25, 0.3) is 0 Å². The van der Waals surface area contributed by atoms with Gasteiger partial charge < -0.3 is 5.32 Å². The van der Waals surface area contributed by atoms with Crippen molar-refractivity contribution in [2.24, 2.45) is 0 Å². The van der Waals surface area contributed by atoms with Crippen LogP contribution in [-0.4, -0.2) is 22.8 Å². The third-order valence-electron chi connectivity index (χ3n) is 5.03. The van der Waals surface area contributed by atoms with E-state index in [1.165, 1.54) is 12.3 Å². The highest BCUT2D eigenvalue weighted by atomic mass is 35.5. The molecule has 2 amide bonds. The molecule has 146 valence electrons. The van der Waals surface area contributed by atoms with Gasteiger partial charge in [0.05, 0.1) is 0 Å². The Balaban J connectivity index is 1.69. The zero-order chi connectivity index (χ0) is 20.4. The van der Waals surface area contributed by atoms with E-state index < -0.39 is 6.04 Å². The van der Waals surface area contributed by atoms with Crippen molar-refractivity contribution in [1.82, 2.24) is 4.98 Å². The lowest BCUT2D eigenvalue weighted by Crippen LogP contribution is -2.50. The van der Waals surface area contributed by atoms with E-state index in [9.17, 15) is 9.59 Å². The average molecular weight is 406 g/mol. The smallest absolute Gasteiger partial charge is 0.277 e. The summed E-state index contributed by atoms with van der Waals surface area (Å²) in [6, 6.07) is 17.7. The summed E-state index contributed by atoms with van der Waals surface area (Å²) in [5.74, 6) is -0.567. The van der Waals surface area contributed by atoms with Crippen molar-refractivity contribution >= 4 is 34.8 Å². The van der Waals surface area contributed by atoms with Crippen LogP contribution < -0.4 is 10.2 Å². The molecule has 0 fully saturated rings. The molecule has 3 aromatic rings. The van der Waals surface area contributed by atoms with Gasteiger partial charge in [0.2, 0.25) is 5.91 Å². The lowest BCUT2D eigenvalue weighted by molar-refractivity contribution is -0.117. The first-order valence-electron chi connectivity index (χ1n) is 9.43. The summed E-state index contributed by atoms with van der Waals surface area (Å²) in [5, 5.41) is 3.36. The number of para-hydroxylation sites is 1. The molecule has 0 radical (unpaired) electrons. The topological polar surface area (TPSA) is 62.3 Å². The fraction of sp³-hybridized carbons (Fsp3) is 0.174. The van der Waals surface area contributed by atoms with Crippen molar-refractivity contribution < 1.29 is 9.59 Å². The zero-order valence-corrected chi connectivity index (χ0v) is 16.7. The van der Waals surface area contributed by atoms with Gasteiger partial charge in [-0.25, -0.2) is 0 Å². The molecule has 0 bridgehead atoms. The average Bonchev–Trinajstić information content (AvgIpc) is 2.74. The van der Waals surface area contributed by atoms with Gasteiger partial charge in [0.1, 0.15) is 11.7 Å². The summed E-state index contributed by atoms with van der Waals surface area (Å²) in [5.41, 5.74) is 3.78. The molecule has 29 heavy (non-hydrogen) atoms. The fourth-order valence-corrected chi connectivity index (χ4v) is 3.71. The number of halogens is 1. The maximum absolute atomic E-state index is 13.4. The number of nitrogens with one attached hydrogen (secondary N) is 1. The minimum atomic E-state index is -0.639. The molecule has 4 rings (SSSR count). The molecule has 1 N–H and O–H groups in total. The van der Waals surface area contributed by atoms with Crippen LogP contribution in [0.5, 0.6) is 0 Å². The highest BCUT2D eigenvalue weighted by molar-refractivity contribution is 6.31. The first kappa shape index (κ1) is 19.2. The molecule has 0 saturated carbocycles. The molecule has 1 atom stereocenters. The van der Waals surface area contributed by atoms with Crippen molar-refractivity contribution in [3.8, 4) is 0 Å². The monoisotopic (exact) mass is 405 g/mol. The molecular formula is C23H20ClN3O2. The van der Waals surface area contributed by atoms with Gasteiger partial charge in [0.15, 0.2) is 0 Å². The second kappa shape index (κ2) is 8.05. The number of pyridine rings is 1. The van der Waals surface area contributed by atoms with Crippen LogP contribution in [0.2, 0.25) is 5.02 Å². The van der Waals surface area contributed by atoms with Gasteiger partial charge in [0, 0.05) is 22.6 Å². The molecule has 1 unspecified atom stereocenters. The van der Waals surface area contributed by atoms with E-state index in [0.717, 1.165) is 23.2 Å². The molecule has 1 aliphatic heterocycles. The minimum absolute atomic E-state index is 0.210. The van der Waals surface area contributed by atoms with Gasteiger partial charge in [-0.05, 0) is 55.7 Å². The quantitative estimate of drug-likeness (QED) is 0.690. The number of rotatable bonds is 3. The van der Waals surface area contributed by atoms with E-state index in [2.05, 4.69) is 10.3 Å².